The smallest absolute Gasteiger partial charge is 0.316 e. The van der Waals surface area contributed by atoms with E-state index in [1.165, 1.54) is 18.9 Å². The Kier molecular flexibility index (Phi) is 5.86. The Morgan fingerprint density at radius 2 is 1.88 bits per heavy atom. The van der Waals surface area contributed by atoms with Crippen LogP contribution in [0.15, 0.2) is 0 Å². The molecule has 0 amide bonds. The van der Waals surface area contributed by atoms with Crippen molar-refractivity contribution in [2.75, 3.05) is 12.9 Å². The highest BCUT2D eigenvalue weighted by Gasteiger charge is 2.32. The number of hydrogen-bond donors (Lipinski definition) is 1. The molecule has 1 N–H and O–H groups in total. The summed E-state index contributed by atoms with van der Waals surface area (Å²) in [6, 6.07) is 0. The second kappa shape index (κ2) is 6.13. The van der Waals surface area contributed by atoms with E-state index >= 15 is 0 Å². The Morgan fingerprint density at radius 1 is 1.38 bits per heavy atom. The molecule has 0 aliphatic rings. The normalized spacial score (nSPS) is 13.6. The first-order chi connectivity index (χ1) is 7.22. The molecular formula is C11H20O4S. The molecule has 0 saturated heterocycles. The average Bonchev–Trinajstić information content (AvgIpc) is 2.15. The number of esters is 1. The number of methoxy groups -OCH3 is 1. The average molecular weight is 248 g/mol. The number of hydrogen-bond acceptors (Lipinski definition) is 4. The van der Waals surface area contributed by atoms with E-state index in [1.807, 2.05) is 13.8 Å². The van der Waals surface area contributed by atoms with Gasteiger partial charge in [0.15, 0.2) is 0 Å². The first-order valence-electron chi connectivity index (χ1n) is 5.15. The molecule has 0 fully saturated rings. The lowest BCUT2D eigenvalue weighted by Crippen LogP contribution is -2.31. The van der Waals surface area contributed by atoms with Gasteiger partial charge in [-0.1, -0.05) is 13.8 Å². The predicted molar refractivity (Wildman–Crippen MR) is 64.5 cm³/mol. The van der Waals surface area contributed by atoms with E-state index in [0.29, 0.717) is 5.75 Å². The first-order valence-corrected chi connectivity index (χ1v) is 6.20. The van der Waals surface area contributed by atoms with E-state index in [2.05, 4.69) is 4.74 Å². The molecule has 0 bridgehead atoms. The number of carboxylic acids is 1. The van der Waals surface area contributed by atoms with Crippen LogP contribution in [0.3, 0.4) is 0 Å². The summed E-state index contributed by atoms with van der Waals surface area (Å²) < 4.78 is 4.67. The van der Waals surface area contributed by atoms with Crippen LogP contribution in [-0.4, -0.2) is 35.2 Å². The van der Waals surface area contributed by atoms with E-state index in [4.69, 9.17) is 5.11 Å². The lowest BCUT2D eigenvalue weighted by molar-refractivity contribution is -0.149. The van der Waals surface area contributed by atoms with Gasteiger partial charge in [0.1, 0.15) is 5.25 Å². The molecular weight excluding hydrogens is 228 g/mol. The Hall–Kier alpha value is -0.710. The molecule has 0 rings (SSSR count). The molecule has 4 nitrogen and oxygen atoms in total. The maximum absolute atomic E-state index is 11.4. The maximum atomic E-state index is 11.4. The van der Waals surface area contributed by atoms with Gasteiger partial charge >= 0.3 is 11.9 Å². The van der Waals surface area contributed by atoms with Gasteiger partial charge in [0.2, 0.25) is 0 Å². The quantitative estimate of drug-likeness (QED) is 0.729. The zero-order valence-corrected chi connectivity index (χ0v) is 11.3. The molecule has 0 aliphatic heterocycles. The molecule has 0 spiro atoms. The molecule has 0 aromatic rings. The van der Waals surface area contributed by atoms with Crippen molar-refractivity contribution in [1.29, 1.82) is 0 Å². The summed E-state index contributed by atoms with van der Waals surface area (Å²) in [6.07, 6.45) is 0. The largest absolute Gasteiger partial charge is 0.480 e. The third-order valence-corrected chi connectivity index (χ3v) is 4.20. The molecule has 0 aromatic heterocycles. The van der Waals surface area contributed by atoms with Crippen molar-refractivity contribution in [2.24, 2.45) is 11.3 Å². The number of ether oxygens (including phenoxy) is 1. The van der Waals surface area contributed by atoms with Crippen LogP contribution in [-0.2, 0) is 14.3 Å². The fourth-order valence-corrected chi connectivity index (χ4v) is 2.42. The van der Waals surface area contributed by atoms with E-state index in [1.54, 1.807) is 13.8 Å². The molecule has 0 saturated carbocycles. The third-order valence-electron chi connectivity index (χ3n) is 2.21. The van der Waals surface area contributed by atoms with Gasteiger partial charge in [0.25, 0.3) is 0 Å². The van der Waals surface area contributed by atoms with Gasteiger partial charge < -0.3 is 9.84 Å². The van der Waals surface area contributed by atoms with Crippen LogP contribution in [0.25, 0.3) is 0 Å². The molecule has 94 valence electrons. The van der Waals surface area contributed by atoms with Crippen molar-refractivity contribution >= 4 is 23.7 Å². The van der Waals surface area contributed by atoms with Crippen LogP contribution >= 0.6 is 11.8 Å². The lowest BCUT2D eigenvalue weighted by atomic mass is 9.97. The van der Waals surface area contributed by atoms with Crippen molar-refractivity contribution in [3.63, 3.8) is 0 Å². The molecule has 1 unspecified atom stereocenters. The minimum Gasteiger partial charge on any atom is -0.480 e. The van der Waals surface area contributed by atoms with E-state index < -0.39 is 16.6 Å². The summed E-state index contributed by atoms with van der Waals surface area (Å²) in [5.74, 6) is -0.668. The first kappa shape index (κ1) is 15.3. The van der Waals surface area contributed by atoms with Gasteiger partial charge in [-0.15, -0.1) is 11.8 Å². The zero-order valence-electron chi connectivity index (χ0n) is 10.4. The Labute approximate surface area is 101 Å². The summed E-state index contributed by atoms with van der Waals surface area (Å²) in [5, 5.41) is 8.52. The van der Waals surface area contributed by atoms with E-state index in [0.717, 1.165) is 0 Å². The molecule has 0 heterocycles. The zero-order chi connectivity index (χ0) is 12.9. The highest BCUT2D eigenvalue weighted by Crippen LogP contribution is 2.29. The van der Waals surface area contributed by atoms with Gasteiger partial charge in [-0.05, 0) is 19.8 Å². The molecule has 16 heavy (non-hydrogen) atoms. The molecule has 0 aromatic carbocycles. The Balaban J connectivity index is 4.41. The second-order valence-electron chi connectivity index (χ2n) is 4.69. The maximum Gasteiger partial charge on any atom is 0.316 e. The van der Waals surface area contributed by atoms with E-state index in [9.17, 15) is 9.59 Å². The van der Waals surface area contributed by atoms with Gasteiger partial charge in [-0.2, -0.15) is 0 Å². The third kappa shape index (κ3) is 4.43. The summed E-state index contributed by atoms with van der Waals surface area (Å²) in [4.78, 5) is 22.4. The molecule has 0 aliphatic carbocycles. The van der Waals surface area contributed by atoms with E-state index in [-0.39, 0.29) is 11.9 Å². The van der Waals surface area contributed by atoms with Crippen LogP contribution in [0.2, 0.25) is 0 Å². The SMILES string of the molecule is COC(=O)C(C)(C)CSC(C(=O)O)C(C)C. The monoisotopic (exact) mass is 248 g/mol. The number of thioether (sulfide) groups is 1. The van der Waals surface area contributed by atoms with Crippen molar-refractivity contribution in [2.45, 2.75) is 32.9 Å². The second-order valence-corrected chi connectivity index (χ2v) is 5.82. The predicted octanol–water partition coefficient (Wildman–Crippen LogP) is 2.03. The minimum atomic E-state index is -0.833. The minimum absolute atomic E-state index is 0.0379. The van der Waals surface area contributed by atoms with Crippen molar-refractivity contribution in [3.8, 4) is 0 Å². The number of rotatable bonds is 6. The Bertz CT molecular complexity index is 261. The molecule has 5 heteroatoms. The van der Waals surface area contributed by atoms with Crippen LogP contribution < -0.4 is 0 Å². The standard InChI is InChI=1S/C11H20O4S/c1-7(2)8(9(12)13)16-6-11(3,4)10(14)15-5/h7-8H,6H2,1-5H3,(H,12,13). The van der Waals surface area contributed by atoms with Crippen molar-refractivity contribution < 1.29 is 19.4 Å². The van der Waals surface area contributed by atoms with Crippen molar-refractivity contribution in [3.05, 3.63) is 0 Å². The van der Waals surface area contributed by atoms with Crippen LogP contribution in [0, 0.1) is 11.3 Å². The van der Waals surface area contributed by atoms with Gasteiger partial charge in [0, 0.05) is 5.75 Å². The fourth-order valence-electron chi connectivity index (χ4n) is 1.18. The summed E-state index contributed by atoms with van der Waals surface area (Å²) >= 11 is 1.29. The Morgan fingerprint density at radius 3 is 2.19 bits per heavy atom. The summed E-state index contributed by atoms with van der Waals surface area (Å²) in [6.45, 7) is 7.23. The highest BCUT2D eigenvalue weighted by molar-refractivity contribution is 8.00. The fraction of sp³-hybridized carbons (Fsp3) is 0.818. The number of carbonyl (C=O) groups excluding carboxylic acids is 1. The highest BCUT2D eigenvalue weighted by atomic mass is 32.2. The summed E-state index contributed by atoms with van der Waals surface area (Å²) in [5.41, 5.74) is -0.651. The van der Waals surface area contributed by atoms with Crippen LogP contribution in [0.1, 0.15) is 27.7 Å². The van der Waals surface area contributed by atoms with Gasteiger partial charge in [-0.25, -0.2) is 0 Å². The summed E-state index contributed by atoms with van der Waals surface area (Å²) in [7, 11) is 1.34. The van der Waals surface area contributed by atoms with Crippen LogP contribution in [0.5, 0.6) is 0 Å². The number of carbonyl (C=O) groups is 2. The van der Waals surface area contributed by atoms with Crippen LogP contribution in [0.4, 0.5) is 0 Å². The van der Waals surface area contributed by atoms with Gasteiger partial charge in [0.05, 0.1) is 12.5 Å². The number of carboxylic acid groups (broad SMARTS) is 1. The lowest BCUT2D eigenvalue weighted by Gasteiger charge is -2.24. The molecule has 0 radical (unpaired) electrons. The van der Waals surface area contributed by atoms with Gasteiger partial charge in [-0.3, -0.25) is 9.59 Å². The molecule has 1 atom stereocenters. The topological polar surface area (TPSA) is 63.6 Å². The number of aliphatic carboxylic acids is 1. The van der Waals surface area contributed by atoms with Crippen molar-refractivity contribution in [1.82, 2.24) is 0 Å².